The van der Waals surface area contributed by atoms with E-state index < -0.39 is 0 Å². The number of hydrogen-bond acceptors (Lipinski definition) is 2. The van der Waals surface area contributed by atoms with Gasteiger partial charge in [-0.15, -0.1) is 0 Å². The summed E-state index contributed by atoms with van der Waals surface area (Å²) in [6.07, 6.45) is 0.969. The Balaban J connectivity index is 2.68. The summed E-state index contributed by atoms with van der Waals surface area (Å²) in [6, 6.07) is 0. The van der Waals surface area contributed by atoms with E-state index in [1.165, 1.54) is 5.92 Å². The molecule has 0 aromatic carbocycles. The Morgan fingerprint density at radius 3 is 2.29 bits per heavy atom. The minimum absolute atomic E-state index is 0.641. The summed E-state index contributed by atoms with van der Waals surface area (Å²) in [4.78, 5) is 4.33. The molecule has 0 aliphatic rings. The SMILES string of the molecule is C[C](C)CCON. The van der Waals surface area contributed by atoms with Crippen LogP contribution in [0.4, 0.5) is 0 Å². The van der Waals surface area contributed by atoms with Crippen molar-refractivity contribution in [2.24, 2.45) is 5.90 Å². The van der Waals surface area contributed by atoms with Gasteiger partial charge in [-0.3, -0.25) is 0 Å². The van der Waals surface area contributed by atoms with Crippen LogP contribution in [0.2, 0.25) is 0 Å². The molecule has 0 saturated carbocycles. The van der Waals surface area contributed by atoms with E-state index in [0.717, 1.165) is 6.42 Å². The summed E-state index contributed by atoms with van der Waals surface area (Å²) < 4.78 is 0. The van der Waals surface area contributed by atoms with Crippen molar-refractivity contribution in [1.82, 2.24) is 0 Å². The van der Waals surface area contributed by atoms with Crippen LogP contribution in [0.1, 0.15) is 20.3 Å². The lowest BCUT2D eigenvalue weighted by atomic mass is 10.1. The smallest absolute Gasteiger partial charge is 0.0684 e. The average molecular weight is 102 g/mol. The molecule has 7 heavy (non-hydrogen) atoms. The van der Waals surface area contributed by atoms with Crippen molar-refractivity contribution in [2.45, 2.75) is 20.3 Å². The normalized spacial score (nSPS) is 10.3. The number of nitrogens with two attached hydrogens (primary N) is 1. The largest absolute Gasteiger partial charge is 0.305 e. The van der Waals surface area contributed by atoms with Crippen LogP contribution >= 0.6 is 0 Å². The lowest BCUT2D eigenvalue weighted by Gasteiger charge is -1.98. The first-order valence-electron chi connectivity index (χ1n) is 2.38. The van der Waals surface area contributed by atoms with Crippen LogP contribution in [-0.4, -0.2) is 6.61 Å². The maximum Gasteiger partial charge on any atom is 0.0684 e. The summed E-state index contributed by atoms with van der Waals surface area (Å²) in [7, 11) is 0. The Bertz CT molecular complexity index is 37.1. The van der Waals surface area contributed by atoms with E-state index in [0.29, 0.717) is 6.61 Å². The quantitative estimate of drug-likeness (QED) is 0.537. The Morgan fingerprint density at radius 1 is 1.57 bits per heavy atom. The summed E-state index contributed by atoms with van der Waals surface area (Å²) in [5, 5.41) is 0. The van der Waals surface area contributed by atoms with E-state index in [2.05, 4.69) is 18.7 Å². The van der Waals surface area contributed by atoms with Crippen molar-refractivity contribution < 1.29 is 4.84 Å². The molecule has 0 spiro atoms. The van der Waals surface area contributed by atoms with E-state index in [1.54, 1.807) is 0 Å². The minimum Gasteiger partial charge on any atom is -0.305 e. The molecule has 0 aliphatic carbocycles. The molecule has 0 saturated heterocycles. The highest BCUT2D eigenvalue weighted by Gasteiger charge is 1.90. The number of hydrogen-bond donors (Lipinski definition) is 1. The average Bonchev–Trinajstić information content (AvgIpc) is 1.61. The first kappa shape index (κ1) is 6.92. The van der Waals surface area contributed by atoms with Crippen molar-refractivity contribution >= 4 is 0 Å². The molecule has 0 heterocycles. The van der Waals surface area contributed by atoms with E-state index in [1.807, 2.05) is 0 Å². The zero-order valence-corrected chi connectivity index (χ0v) is 4.90. The predicted molar refractivity (Wildman–Crippen MR) is 29.3 cm³/mol. The molecular weight excluding hydrogens is 90.1 g/mol. The third kappa shape index (κ3) is 5.92. The van der Waals surface area contributed by atoms with E-state index >= 15 is 0 Å². The second-order valence-electron chi connectivity index (χ2n) is 1.83. The third-order valence-corrected chi connectivity index (χ3v) is 0.720. The standard InChI is InChI=1S/C5H12NO/c1-5(2)3-4-7-6/h3-4,6H2,1-2H3. The Hall–Kier alpha value is -0.0800. The molecule has 0 aliphatic heterocycles. The van der Waals surface area contributed by atoms with Gasteiger partial charge in [0.1, 0.15) is 0 Å². The first-order chi connectivity index (χ1) is 3.27. The van der Waals surface area contributed by atoms with E-state index in [9.17, 15) is 0 Å². The van der Waals surface area contributed by atoms with Crippen LogP contribution in [0.5, 0.6) is 0 Å². The summed E-state index contributed by atoms with van der Waals surface area (Å²) in [6.45, 7) is 4.75. The molecule has 0 fully saturated rings. The molecule has 0 aromatic rings. The van der Waals surface area contributed by atoms with Crippen molar-refractivity contribution in [3.05, 3.63) is 5.92 Å². The van der Waals surface area contributed by atoms with Crippen LogP contribution in [0, 0.1) is 5.92 Å². The topological polar surface area (TPSA) is 35.2 Å². The molecule has 0 amide bonds. The molecule has 0 unspecified atom stereocenters. The molecule has 0 aromatic heterocycles. The molecule has 1 radical (unpaired) electrons. The van der Waals surface area contributed by atoms with Crippen LogP contribution in [-0.2, 0) is 4.84 Å². The number of rotatable bonds is 3. The van der Waals surface area contributed by atoms with Gasteiger partial charge in [-0.2, -0.15) is 0 Å². The van der Waals surface area contributed by atoms with Gasteiger partial charge in [-0.25, -0.2) is 5.90 Å². The van der Waals surface area contributed by atoms with Gasteiger partial charge in [0.05, 0.1) is 6.61 Å². The predicted octanol–water partition coefficient (Wildman–Crippen LogP) is 0.881. The van der Waals surface area contributed by atoms with Gasteiger partial charge >= 0.3 is 0 Å². The molecule has 2 N–H and O–H groups in total. The van der Waals surface area contributed by atoms with Gasteiger partial charge < -0.3 is 4.84 Å². The lowest BCUT2D eigenvalue weighted by molar-refractivity contribution is 0.138. The third-order valence-electron chi connectivity index (χ3n) is 0.720. The van der Waals surface area contributed by atoms with Gasteiger partial charge in [-0.05, 0) is 12.3 Å². The second-order valence-corrected chi connectivity index (χ2v) is 1.83. The fraction of sp³-hybridized carbons (Fsp3) is 0.800. The van der Waals surface area contributed by atoms with Gasteiger partial charge in [-0.1, -0.05) is 13.8 Å². The molecule has 2 heteroatoms. The van der Waals surface area contributed by atoms with Gasteiger partial charge in [0.15, 0.2) is 0 Å². The maximum atomic E-state index is 4.76. The van der Waals surface area contributed by atoms with Crippen molar-refractivity contribution in [3.8, 4) is 0 Å². The molecular formula is C5H12NO. The Kier molecular flexibility index (Phi) is 4.04. The van der Waals surface area contributed by atoms with E-state index in [4.69, 9.17) is 5.90 Å². The van der Waals surface area contributed by atoms with Crippen molar-refractivity contribution in [1.29, 1.82) is 0 Å². The first-order valence-corrected chi connectivity index (χ1v) is 2.38. The molecule has 0 bridgehead atoms. The highest BCUT2D eigenvalue weighted by atomic mass is 16.6. The fourth-order valence-corrected chi connectivity index (χ4v) is 0.263. The monoisotopic (exact) mass is 102 g/mol. The van der Waals surface area contributed by atoms with Gasteiger partial charge in [0.2, 0.25) is 0 Å². The van der Waals surface area contributed by atoms with Gasteiger partial charge in [0.25, 0.3) is 0 Å². The van der Waals surface area contributed by atoms with Crippen LogP contribution in [0.3, 0.4) is 0 Å². The summed E-state index contributed by atoms with van der Waals surface area (Å²) in [5.74, 6) is 6.12. The van der Waals surface area contributed by atoms with E-state index in [-0.39, 0.29) is 0 Å². The van der Waals surface area contributed by atoms with Crippen LogP contribution in [0.25, 0.3) is 0 Å². The van der Waals surface area contributed by atoms with Crippen molar-refractivity contribution in [3.63, 3.8) is 0 Å². The summed E-state index contributed by atoms with van der Waals surface area (Å²) in [5.41, 5.74) is 0. The highest BCUT2D eigenvalue weighted by molar-refractivity contribution is 4.75. The zero-order chi connectivity index (χ0) is 5.70. The highest BCUT2D eigenvalue weighted by Crippen LogP contribution is 1.99. The molecule has 0 rings (SSSR count). The zero-order valence-electron chi connectivity index (χ0n) is 4.90. The minimum atomic E-state index is 0.641. The second kappa shape index (κ2) is 4.09. The van der Waals surface area contributed by atoms with Crippen molar-refractivity contribution in [2.75, 3.05) is 6.61 Å². The van der Waals surface area contributed by atoms with Gasteiger partial charge in [0, 0.05) is 0 Å². The Morgan fingerprint density at radius 2 is 2.14 bits per heavy atom. The summed E-state index contributed by atoms with van der Waals surface area (Å²) >= 11 is 0. The van der Waals surface area contributed by atoms with Crippen LogP contribution < -0.4 is 5.90 Å². The Labute approximate surface area is 44.6 Å². The molecule has 0 atom stereocenters. The molecule has 43 valence electrons. The molecule has 2 nitrogen and oxygen atoms in total. The maximum absolute atomic E-state index is 4.76. The fourth-order valence-electron chi connectivity index (χ4n) is 0.263. The lowest BCUT2D eigenvalue weighted by Crippen LogP contribution is -2.02. The van der Waals surface area contributed by atoms with Crippen LogP contribution in [0.15, 0.2) is 0 Å².